The molecule has 0 atom stereocenters. The molecule has 0 saturated heterocycles. The summed E-state index contributed by atoms with van der Waals surface area (Å²) >= 11 is 0. The standard InChI is InChI=1S/C11H22N2O2/c1-2-3-8-15-9-7-12-11(14)13-10-5-4-6-10/h10H,2-9H2,1H3,(H2,12,13,14). The lowest BCUT2D eigenvalue weighted by Gasteiger charge is -2.26. The van der Waals surface area contributed by atoms with Crippen molar-refractivity contribution in [2.45, 2.75) is 45.1 Å². The van der Waals surface area contributed by atoms with Gasteiger partial charge in [-0.05, 0) is 25.7 Å². The smallest absolute Gasteiger partial charge is 0.315 e. The average Bonchev–Trinajstić information content (AvgIpc) is 2.17. The molecule has 0 aromatic carbocycles. The first kappa shape index (κ1) is 12.3. The molecule has 0 unspecified atom stereocenters. The molecule has 0 bridgehead atoms. The highest BCUT2D eigenvalue weighted by Gasteiger charge is 2.18. The van der Waals surface area contributed by atoms with Crippen LogP contribution in [0.2, 0.25) is 0 Å². The summed E-state index contributed by atoms with van der Waals surface area (Å²) < 4.78 is 5.33. The number of hydrogen-bond donors (Lipinski definition) is 2. The molecule has 0 heterocycles. The van der Waals surface area contributed by atoms with Crippen molar-refractivity contribution in [2.24, 2.45) is 0 Å². The summed E-state index contributed by atoms with van der Waals surface area (Å²) in [5.41, 5.74) is 0. The molecular formula is C11H22N2O2. The van der Waals surface area contributed by atoms with Crippen molar-refractivity contribution in [3.8, 4) is 0 Å². The van der Waals surface area contributed by atoms with Crippen LogP contribution in [0.1, 0.15) is 39.0 Å². The highest BCUT2D eigenvalue weighted by molar-refractivity contribution is 5.74. The summed E-state index contributed by atoms with van der Waals surface area (Å²) in [6.07, 6.45) is 5.73. The van der Waals surface area contributed by atoms with Crippen molar-refractivity contribution in [1.82, 2.24) is 10.6 Å². The molecule has 0 radical (unpaired) electrons. The maximum Gasteiger partial charge on any atom is 0.315 e. The number of carbonyl (C=O) groups is 1. The Bertz CT molecular complexity index is 181. The second-order valence-electron chi connectivity index (χ2n) is 3.99. The maximum absolute atomic E-state index is 11.3. The molecule has 0 aromatic rings. The Morgan fingerprint density at radius 3 is 2.80 bits per heavy atom. The van der Waals surface area contributed by atoms with Gasteiger partial charge in [0.15, 0.2) is 0 Å². The minimum Gasteiger partial charge on any atom is -0.380 e. The van der Waals surface area contributed by atoms with Crippen molar-refractivity contribution in [3.05, 3.63) is 0 Å². The Kier molecular flexibility index (Phi) is 6.16. The third-order valence-electron chi connectivity index (χ3n) is 2.61. The lowest BCUT2D eigenvalue weighted by atomic mass is 9.93. The van der Waals surface area contributed by atoms with Gasteiger partial charge in [-0.25, -0.2) is 4.79 Å². The number of hydrogen-bond acceptors (Lipinski definition) is 2. The van der Waals surface area contributed by atoms with Crippen molar-refractivity contribution < 1.29 is 9.53 Å². The quantitative estimate of drug-likeness (QED) is 0.633. The van der Waals surface area contributed by atoms with Gasteiger partial charge in [0.1, 0.15) is 0 Å². The Balaban J connectivity index is 1.83. The minimum atomic E-state index is -0.0567. The van der Waals surface area contributed by atoms with Crippen LogP contribution in [-0.4, -0.2) is 31.8 Å². The summed E-state index contributed by atoms with van der Waals surface area (Å²) in [5.74, 6) is 0. The van der Waals surface area contributed by atoms with E-state index >= 15 is 0 Å². The van der Waals surface area contributed by atoms with Crippen LogP contribution in [0.4, 0.5) is 4.79 Å². The second-order valence-corrected chi connectivity index (χ2v) is 3.99. The van der Waals surface area contributed by atoms with Crippen LogP contribution in [0.25, 0.3) is 0 Å². The van der Waals surface area contributed by atoms with Gasteiger partial charge >= 0.3 is 6.03 Å². The molecule has 1 aliphatic carbocycles. The SMILES string of the molecule is CCCCOCCNC(=O)NC1CCC1. The Morgan fingerprint density at radius 1 is 1.40 bits per heavy atom. The van der Waals surface area contributed by atoms with Crippen LogP contribution < -0.4 is 10.6 Å². The molecule has 2 amide bonds. The van der Waals surface area contributed by atoms with Crippen LogP contribution in [0.5, 0.6) is 0 Å². The zero-order valence-electron chi connectivity index (χ0n) is 9.55. The van der Waals surface area contributed by atoms with Crippen molar-refractivity contribution in [3.63, 3.8) is 0 Å². The monoisotopic (exact) mass is 214 g/mol. The lowest BCUT2D eigenvalue weighted by molar-refractivity contribution is 0.133. The van der Waals surface area contributed by atoms with Crippen molar-refractivity contribution >= 4 is 6.03 Å². The van der Waals surface area contributed by atoms with Crippen molar-refractivity contribution in [2.75, 3.05) is 19.8 Å². The van der Waals surface area contributed by atoms with E-state index < -0.39 is 0 Å². The fourth-order valence-corrected chi connectivity index (χ4v) is 1.37. The fraction of sp³-hybridized carbons (Fsp3) is 0.909. The van der Waals surface area contributed by atoms with Gasteiger partial charge in [-0.3, -0.25) is 0 Å². The maximum atomic E-state index is 11.3. The van der Waals surface area contributed by atoms with Gasteiger partial charge in [0.05, 0.1) is 6.61 Å². The summed E-state index contributed by atoms with van der Waals surface area (Å²) in [5, 5.41) is 5.70. The Labute approximate surface area is 91.8 Å². The van der Waals surface area contributed by atoms with Gasteiger partial charge < -0.3 is 15.4 Å². The van der Waals surface area contributed by atoms with Gasteiger partial charge in [-0.2, -0.15) is 0 Å². The van der Waals surface area contributed by atoms with E-state index in [1.54, 1.807) is 0 Å². The second kappa shape index (κ2) is 7.51. The zero-order valence-corrected chi connectivity index (χ0v) is 9.55. The number of rotatable bonds is 7. The summed E-state index contributed by atoms with van der Waals surface area (Å²) in [7, 11) is 0. The third kappa shape index (κ3) is 5.62. The molecule has 4 nitrogen and oxygen atoms in total. The number of amides is 2. The zero-order chi connectivity index (χ0) is 10.9. The van der Waals surface area contributed by atoms with Gasteiger partial charge in [0.2, 0.25) is 0 Å². The fourth-order valence-electron chi connectivity index (χ4n) is 1.37. The predicted molar refractivity (Wildman–Crippen MR) is 59.9 cm³/mol. The van der Waals surface area contributed by atoms with Crippen LogP contribution in [0.15, 0.2) is 0 Å². The molecular weight excluding hydrogens is 192 g/mol. The summed E-state index contributed by atoms with van der Waals surface area (Å²) in [6, 6.07) is 0.352. The number of urea groups is 1. The van der Waals surface area contributed by atoms with E-state index in [4.69, 9.17) is 4.74 Å². The molecule has 1 fully saturated rings. The normalized spacial score (nSPS) is 15.8. The summed E-state index contributed by atoms with van der Waals surface area (Å²) in [4.78, 5) is 11.3. The van der Waals surface area contributed by atoms with Crippen LogP contribution >= 0.6 is 0 Å². The van der Waals surface area contributed by atoms with Crippen LogP contribution in [0.3, 0.4) is 0 Å². The van der Waals surface area contributed by atoms with Gasteiger partial charge in [0, 0.05) is 19.2 Å². The molecule has 15 heavy (non-hydrogen) atoms. The first-order chi connectivity index (χ1) is 7.33. The highest BCUT2D eigenvalue weighted by atomic mass is 16.5. The molecule has 4 heteroatoms. The first-order valence-corrected chi connectivity index (χ1v) is 5.95. The number of unbranched alkanes of at least 4 members (excludes halogenated alkanes) is 1. The first-order valence-electron chi connectivity index (χ1n) is 5.95. The number of nitrogens with one attached hydrogen (secondary N) is 2. The largest absolute Gasteiger partial charge is 0.380 e. The van der Waals surface area contributed by atoms with E-state index in [0.717, 1.165) is 32.3 Å². The Hall–Kier alpha value is -0.770. The van der Waals surface area contributed by atoms with Crippen LogP contribution in [-0.2, 0) is 4.74 Å². The molecule has 0 aliphatic heterocycles. The third-order valence-corrected chi connectivity index (χ3v) is 2.61. The molecule has 1 aliphatic rings. The highest BCUT2D eigenvalue weighted by Crippen LogP contribution is 2.17. The van der Waals surface area contributed by atoms with Gasteiger partial charge in [-0.1, -0.05) is 13.3 Å². The molecule has 88 valence electrons. The van der Waals surface area contributed by atoms with Gasteiger partial charge in [0.25, 0.3) is 0 Å². The molecule has 0 spiro atoms. The molecule has 1 rings (SSSR count). The van der Waals surface area contributed by atoms with E-state index in [9.17, 15) is 4.79 Å². The topological polar surface area (TPSA) is 50.4 Å². The average molecular weight is 214 g/mol. The predicted octanol–water partition coefficient (Wildman–Crippen LogP) is 1.65. The molecule has 1 saturated carbocycles. The summed E-state index contributed by atoms with van der Waals surface area (Å²) in [6.45, 7) is 4.14. The Morgan fingerprint density at radius 2 is 2.20 bits per heavy atom. The number of ether oxygens (including phenoxy) is 1. The molecule has 0 aromatic heterocycles. The van der Waals surface area contributed by atoms with E-state index in [2.05, 4.69) is 17.6 Å². The minimum absolute atomic E-state index is 0.0567. The van der Waals surface area contributed by atoms with Crippen LogP contribution in [0, 0.1) is 0 Å². The van der Waals surface area contributed by atoms with E-state index in [1.165, 1.54) is 6.42 Å². The van der Waals surface area contributed by atoms with E-state index in [0.29, 0.717) is 19.2 Å². The number of carbonyl (C=O) groups excluding carboxylic acids is 1. The molecule has 2 N–H and O–H groups in total. The van der Waals surface area contributed by atoms with E-state index in [-0.39, 0.29) is 6.03 Å². The van der Waals surface area contributed by atoms with Gasteiger partial charge in [-0.15, -0.1) is 0 Å². The van der Waals surface area contributed by atoms with E-state index in [1.807, 2.05) is 0 Å². The van der Waals surface area contributed by atoms with Crippen molar-refractivity contribution in [1.29, 1.82) is 0 Å². The lowest BCUT2D eigenvalue weighted by Crippen LogP contribution is -2.45.